The van der Waals surface area contributed by atoms with E-state index in [0.717, 1.165) is 42.8 Å². The van der Waals surface area contributed by atoms with E-state index in [2.05, 4.69) is 16.0 Å². The number of hydrogen-bond acceptors (Lipinski definition) is 7. The van der Waals surface area contributed by atoms with Crippen molar-refractivity contribution in [2.75, 3.05) is 26.2 Å². The van der Waals surface area contributed by atoms with Crippen molar-refractivity contribution >= 4 is 28.9 Å². The van der Waals surface area contributed by atoms with Crippen LogP contribution in [0.25, 0.3) is 5.57 Å². The molecule has 2 aliphatic heterocycles. The molecule has 1 atom stereocenters. The summed E-state index contributed by atoms with van der Waals surface area (Å²) in [5.41, 5.74) is 2.53. The minimum absolute atomic E-state index is 0.231. The highest BCUT2D eigenvalue weighted by molar-refractivity contribution is 6.30. The van der Waals surface area contributed by atoms with Crippen LogP contribution in [0.15, 0.2) is 84.3 Å². The molecule has 1 saturated heterocycles. The molecule has 0 saturated carbocycles. The Morgan fingerprint density at radius 1 is 1.23 bits per heavy atom. The van der Waals surface area contributed by atoms with Crippen LogP contribution >= 0.6 is 11.6 Å². The van der Waals surface area contributed by atoms with Crippen LogP contribution in [0.1, 0.15) is 43.7 Å². The van der Waals surface area contributed by atoms with Crippen molar-refractivity contribution in [3.05, 3.63) is 100 Å². The van der Waals surface area contributed by atoms with Gasteiger partial charge in [-0.2, -0.15) is 0 Å². The Morgan fingerprint density at radius 2 is 2.00 bits per heavy atom. The molecule has 5 rings (SSSR count). The number of pyridine rings is 1. The van der Waals surface area contributed by atoms with E-state index in [9.17, 15) is 14.7 Å². The maximum Gasteiger partial charge on any atom is 0.313 e. The first-order chi connectivity index (χ1) is 19.4. The van der Waals surface area contributed by atoms with Crippen LogP contribution in [-0.4, -0.2) is 53.0 Å². The van der Waals surface area contributed by atoms with Crippen LogP contribution in [0.5, 0.6) is 5.88 Å². The summed E-state index contributed by atoms with van der Waals surface area (Å²) in [4.78, 5) is 31.9. The number of benzene rings is 1. The summed E-state index contributed by atoms with van der Waals surface area (Å²) in [5.74, 6) is -0.364. The topological polar surface area (TPSA) is 89.0 Å². The van der Waals surface area contributed by atoms with E-state index in [-0.39, 0.29) is 18.8 Å². The number of hydrogen-bond donors (Lipinski definition) is 1. The first-order valence-electron chi connectivity index (χ1n) is 13.7. The van der Waals surface area contributed by atoms with Crippen molar-refractivity contribution in [1.82, 2.24) is 9.88 Å². The van der Waals surface area contributed by atoms with Crippen molar-refractivity contribution in [2.24, 2.45) is 5.92 Å². The Labute approximate surface area is 239 Å². The van der Waals surface area contributed by atoms with E-state index in [1.807, 2.05) is 48.6 Å². The Bertz CT molecular complexity index is 1380. The zero-order chi connectivity index (χ0) is 28.1. The maximum atomic E-state index is 13.1. The quantitative estimate of drug-likeness (QED) is 0.341. The second-order valence-electron chi connectivity index (χ2n) is 10.2. The van der Waals surface area contributed by atoms with Gasteiger partial charge in [-0.3, -0.25) is 9.59 Å². The number of likely N-dealkylation sites (tertiary alicyclic amines) is 1. The van der Waals surface area contributed by atoms with Crippen LogP contribution in [0.3, 0.4) is 0 Å². The maximum absolute atomic E-state index is 13.1. The molecule has 7 nitrogen and oxygen atoms in total. The third-order valence-corrected chi connectivity index (χ3v) is 7.87. The molecule has 0 spiro atoms. The van der Waals surface area contributed by atoms with E-state index in [1.54, 1.807) is 25.3 Å². The number of halogens is 1. The Balaban J connectivity index is 1.31. The summed E-state index contributed by atoms with van der Waals surface area (Å²) in [6, 6.07) is 11.3. The number of carbonyl (C=O) groups excluding carboxylic acids is 2. The zero-order valence-electron chi connectivity index (χ0n) is 22.5. The number of ketones is 1. The molecule has 1 aromatic carbocycles. The number of ether oxygens (including phenoxy) is 2. The first kappa shape index (κ1) is 28.0. The molecule has 0 bridgehead atoms. The molecule has 1 aromatic heterocycles. The number of piperidine rings is 1. The van der Waals surface area contributed by atoms with E-state index in [1.165, 1.54) is 0 Å². The SMILES string of the molecule is CCOC(=O)CC(=O)C1C=CC=C2Oc3ncccc3C(=CCCN3CCC(O)(c4ccc(Cl)cc4)CC3)C=C21. The third kappa shape index (κ3) is 6.28. The van der Waals surface area contributed by atoms with Crippen molar-refractivity contribution in [1.29, 1.82) is 0 Å². The van der Waals surface area contributed by atoms with Gasteiger partial charge in [-0.05, 0) is 73.7 Å². The molecule has 1 aliphatic carbocycles. The number of fused-ring (bicyclic) bond motifs is 2. The highest BCUT2D eigenvalue weighted by Crippen LogP contribution is 2.39. The van der Waals surface area contributed by atoms with Crippen LogP contribution in [0.2, 0.25) is 5.02 Å². The molecule has 2 aromatic rings. The Hall–Kier alpha value is -3.52. The predicted octanol–water partition coefficient (Wildman–Crippen LogP) is 5.40. The number of esters is 1. The summed E-state index contributed by atoms with van der Waals surface area (Å²) in [5, 5.41) is 11.9. The second kappa shape index (κ2) is 12.3. The lowest BCUT2D eigenvalue weighted by atomic mass is 9.84. The minimum Gasteiger partial charge on any atom is -0.466 e. The number of Topliss-reactive ketones (excluding diaryl/α,β-unsaturated/α-hetero) is 1. The summed E-state index contributed by atoms with van der Waals surface area (Å²) in [6.45, 7) is 4.35. The molecule has 1 N–H and O–H groups in total. The number of allylic oxidation sites excluding steroid dienone is 6. The number of aliphatic hydroxyl groups is 1. The lowest BCUT2D eigenvalue weighted by Crippen LogP contribution is -2.42. The van der Waals surface area contributed by atoms with Gasteiger partial charge < -0.3 is 19.5 Å². The van der Waals surface area contributed by atoms with E-state index < -0.39 is 17.5 Å². The molecule has 1 fully saturated rings. The van der Waals surface area contributed by atoms with E-state index in [4.69, 9.17) is 21.1 Å². The normalized spacial score (nSPS) is 20.9. The Kier molecular flexibility index (Phi) is 8.64. The molecule has 0 radical (unpaired) electrons. The monoisotopic (exact) mass is 560 g/mol. The van der Waals surface area contributed by atoms with Gasteiger partial charge in [0.05, 0.1) is 18.1 Å². The average Bonchev–Trinajstić information content (AvgIpc) is 3.11. The van der Waals surface area contributed by atoms with Crippen molar-refractivity contribution < 1.29 is 24.2 Å². The van der Waals surface area contributed by atoms with Gasteiger partial charge in [0.2, 0.25) is 5.88 Å². The van der Waals surface area contributed by atoms with Gasteiger partial charge in [-0.1, -0.05) is 42.0 Å². The first-order valence-corrected chi connectivity index (χ1v) is 14.1. The standard InChI is InChI=1S/C32H33ClN2O5/c1-2-39-30(37)21-28(36)26-7-3-9-29-27(26)20-22(25-8-4-16-34-31(25)40-29)6-5-17-35-18-14-32(38,15-19-35)23-10-12-24(33)13-11-23/h3-4,6-13,16,20,26,38H,2,5,14-15,17-19,21H2,1H3. The van der Waals surface area contributed by atoms with Crippen LogP contribution in [-0.2, 0) is 19.9 Å². The van der Waals surface area contributed by atoms with Gasteiger partial charge in [0.25, 0.3) is 0 Å². The third-order valence-electron chi connectivity index (χ3n) is 7.62. The van der Waals surface area contributed by atoms with Crippen LogP contribution in [0.4, 0.5) is 0 Å². The average molecular weight is 561 g/mol. The molecule has 208 valence electrons. The molecule has 3 heterocycles. The van der Waals surface area contributed by atoms with E-state index >= 15 is 0 Å². The minimum atomic E-state index is -0.838. The van der Waals surface area contributed by atoms with E-state index in [0.29, 0.717) is 35.1 Å². The van der Waals surface area contributed by atoms with Gasteiger partial charge in [-0.15, -0.1) is 0 Å². The number of aromatic nitrogens is 1. The highest BCUT2D eigenvalue weighted by atomic mass is 35.5. The smallest absolute Gasteiger partial charge is 0.313 e. The van der Waals surface area contributed by atoms with Gasteiger partial charge in [-0.25, -0.2) is 4.98 Å². The highest BCUT2D eigenvalue weighted by Gasteiger charge is 2.34. The lowest BCUT2D eigenvalue weighted by Gasteiger charge is -2.38. The number of rotatable bonds is 8. The zero-order valence-corrected chi connectivity index (χ0v) is 23.3. The molecule has 0 amide bonds. The van der Waals surface area contributed by atoms with Crippen LogP contribution < -0.4 is 4.74 Å². The van der Waals surface area contributed by atoms with Gasteiger partial charge in [0.15, 0.2) is 5.78 Å². The summed E-state index contributed by atoms with van der Waals surface area (Å²) >= 11 is 6.02. The summed E-state index contributed by atoms with van der Waals surface area (Å²) in [7, 11) is 0. The van der Waals surface area contributed by atoms with Gasteiger partial charge in [0.1, 0.15) is 12.2 Å². The fourth-order valence-corrected chi connectivity index (χ4v) is 5.54. The molecule has 40 heavy (non-hydrogen) atoms. The number of nitrogens with zero attached hydrogens (tertiary/aromatic N) is 2. The fraction of sp³-hybridized carbons (Fsp3) is 0.344. The lowest BCUT2D eigenvalue weighted by molar-refractivity contribution is -0.145. The molecule has 3 aliphatic rings. The largest absolute Gasteiger partial charge is 0.466 e. The second-order valence-corrected chi connectivity index (χ2v) is 10.7. The fourth-order valence-electron chi connectivity index (χ4n) is 5.41. The molecule has 8 heteroatoms. The van der Waals surface area contributed by atoms with Crippen LogP contribution in [0, 0.1) is 5.92 Å². The van der Waals surface area contributed by atoms with Crippen molar-refractivity contribution in [2.45, 2.75) is 38.2 Å². The molecular weight excluding hydrogens is 528 g/mol. The van der Waals surface area contributed by atoms with Crippen molar-refractivity contribution in [3.63, 3.8) is 0 Å². The summed E-state index contributed by atoms with van der Waals surface area (Å²) < 4.78 is 11.2. The van der Waals surface area contributed by atoms with Crippen molar-refractivity contribution in [3.8, 4) is 5.88 Å². The number of carbonyl (C=O) groups is 2. The van der Waals surface area contributed by atoms with Gasteiger partial charge in [0, 0.05) is 42.0 Å². The predicted molar refractivity (Wildman–Crippen MR) is 154 cm³/mol. The van der Waals surface area contributed by atoms with Gasteiger partial charge >= 0.3 is 5.97 Å². The summed E-state index contributed by atoms with van der Waals surface area (Å²) in [6.07, 6.45) is 13.0. The molecular formula is C32H33ClN2O5. The Morgan fingerprint density at radius 3 is 2.75 bits per heavy atom. The molecule has 1 unspecified atom stereocenters.